The van der Waals surface area contributed by atoms with Gasteiger partial charge in [-0.25, -0.2) is 9.97 Å². The van der Waals surface area contributed by atoms with Crippen LogP contribution >= 0.6 is 0 Å². The van der Waals surface area contributed by atoms with Crippen LogP contribution in [-0.4, -0.2) is 29.1 Å². The number of aromatic nitrogens is 6. The molecule has 5 heterocycles. The summed E-state index contributed by atoms with van der Waals surface area (Å²) in [5.41, 5.74) is 12.3. The summed E-state index contributed by atoms with van der Waals surface area (Å²) in [4.78, 5) is 19.4. The third kappa shape index (κ3) is 7.09. The van der Waals surface area contributed by atoms with E-state index in [0.29, 0.717) is 0 Å². The van der Waals surface area contributed by atoms with E-state index < -0.39 is 0 Å². The molecule has 0 atom stereocenters. The van der Waals surface area contributed by atoms with E-state index in [1.54, 1.807) is 0 Å². The predicted octanol–water partition coefficient (Wildman–Crippen LogP) is 14.1. The largest absolute Gasteiger partial charge is 0.457 e. The van der Waals surface area contributed by atoms with Gasteiger partial charge in [0, 0.05) is 57.2 Å². The monoisotopic (exact) mass is 832 g/mol. The first-order chi connectivity index (χ1) is 31.4. The number of aryl methyl sites for hydroxylation is 4. The third-order valence-electron chi connectivity index (χ3n) is 12.0. The summed E-state index contributed by atoms with van der Waals surface area (Å²) in [5.74, 6) is 4.71. The molecule has 8 heteroatoms. The molecule has 0 aliphatic carbocycles. The van der Waals surface area contributed by atoms with E-state index in [1.165, 1.54) is 10.8 Å². The van der Waals surface area contributed by atoms with Gasteiger partial charge in [0.1, 0.15) is 34.6 Å². The molecule has 0 bridgehead atoms. The fourth-order valence-electron chi connectivity index (χ4n) is 8.85. The second-order valence-electron chi connectivity index (χ2n) is 16.4. The van der Waals surface area contributed by atoms with Gasteiger partial charge in [-0.2, -0.15) is 0 Å². The van der Waals surface area contributed by atoms with Crippen molar-refractivity contribution in [2.24, 2.45) is 0 Å². The van der Waals surface area contributed by atoms with Crippen LogP contribution < -0.4 is 9.47 Å². The molecular weight excluding hydrogens is 789 g/mol. The van der Waals surface area contributed by atoms with Crippen LogP contribution in [-0.2, 0) is 12.8 Å². The van der Waals surface area contributed by atoms with Crippen LogP contribution in [0.15, 0.2) is 170 Å². The Kier molecular flexibility index (Phi) is 9.69. The SMILES string of the molecule is CCc1cc(Oc2ccc3c4ccccc4n(-c4cc(C)ccn4)c3c2)cc(-c2cnc(-c3cc(CC)cc(Oc4ccc5c6ccccc6n(-c6cc(C)ccn6)c5c4)c3)cn2)c1. The quantitative estimate of drug-likeness (QED) is 0.137. The average molecular weight is 833 g/mol. The lowest BCUT2D eigenvalue weighted by Gasteiger charge is -2.13. The predicted molar refractivity (Wildman–Crippen MR) is 258 cm³/mol. The van der Waals surface area contributed by atoms with Crippen LogP contribution in [0.2, 0.25) is 0 Å². The van der Waals surface area contributed by atoms with E-state index >= 15 is 0 Å². The Balaban J connectivity index is 0.893. The minimum atomic E-state index is 0.738. The molecule has 0 saturated heterocycles. The zero-order chi connectivity index (χ0) is 43.3. The molecule has 310 valence electrons. The number of hydrogen-bond acceptors (Lipinski definition) is 6. The van der Waals surface area contributed by atoms with Gasteiger partial charge in [0.15, 0.2) is 0 Å². The fourth-order valence-corrected chi connectivity index (χ4v) is 8.85. The van der Waals surface area contributed by atoms with E-state index in [4.69, 9.17) is 29.4 Å². The summed E-state index contributed by atoms with van der Waals surface area (Å²) in [7, 11) is 0. The highest BCUT2D eigenvalue weighted by atomic mass is 16.5. The van der Waals surface area contributed by atoms with E-state index in [9.17, 15) is 0 Å². The van der Waals surface area contributed by atoms with Crippen LogP contribution in [0.4, 0.5) is 0 Å². The zero-order valence-electron chi connectivity index (χ0n) is 36.1. The Hall–Kier alpha value is -8.10. The Bertz CT molecular complexity index is 3330. The van der Waals surface area contributed by atoms with Crippen molar-refractivity contribution >= 4 is 43.6 Å². The van der Waals surface area contributed by atoms with Gasteiger partial charge in [0.25, 0.3) is 0 Å². The first kappa shape index (κ1) is 38.8. The molecule has 0 saturated carbocycles. The topological polar surface area (TPSA) is 79.9 Å². The summed E-state index contributed by atoms with van der Waals surface area (Å²) >= 11 is 0. The first-order valence-corrected chi connectivity index (χ1v) is 21.8. The Morgan fingerprint density at radius 2 is 0.844 bits per heavy atom. The lowest BCUT2D eigenvalue weighted by Crippen LogP contribution is -1.98. The second kappa shape index (κ2) is 16.0. The van der Waals surface area contributed by atoms with Crippen LogP contribution in [0, 0.1) is 13.8 Å². The maximum absolute atomic E-state index is 6.65. The molecule has 0 fully saturated rings. The van der Waals surface area contributed by atoms with E-state index in [0.717, 1.165) is 125 Å². The lowest BCUT2D eigenvalue weighted by molar-refractivity contribution is 0.482. The molecule has 0 amide bonds. The molecule has 5 aromatic heterocycles. The van der Waals surface area contributed by atoms with E-state index in [2.05, 4.69) is 146 Å². The number of fused-ring (bicyclic) bond motifs is 6. The Morgan fingerprint density at radius 3 is 1.27 bits per heavy atom. The highest BCUT2D eigenvalue weighted by molar-refractivity contribution is 6.10. The van der Waals surface area contributed by atoms with Gasteiger partial charge in [-0.3, -0.25) is 19.1 Å². The minimum absolute atomic E-state index is 0.738. The smallest absolute Gasteiger partial charge is 0.137 e. The van der Waals surface area contributed by atoms with Gasteiger partial charge in [-0.15, -0.1) is 0 Å². The maximum Gasteiger partial charge on any atom is 0.137 e. The molecule has 6 aromatic carbocycles. The number of para-hydroxylation sites is 2. The summed E-state index contributed by atoms with van der Waals surface area (Å²) in [6.07, 6.45) is 9.09. The number of hydrogen-bond donors (Lipinski definition) is 0. The van der Waals surface area contributed by atoms with Crippen molar-refractivity contribution in [1.29, 1.82) is 0 Å². The molecule has 64 heavy (non-hydrogen) atoms. The molecule has 0 N–H and O–H groups in total. The molecule has 0 spiro atoms. The molecule has 0 radical (unpaired) electrons. The standard InChI is InChI=1S/C56H44N6O2/c1-5-37-25-39(29-43(27-37)63-41-15-17-47-45-11-7-9-13-51(45)61(53(47)31-41)55-23-35(3)19-21-57-55)49-33-60-50(34-59-49)40-26-38(6-2)28-44(30-40)64-42-16-18-48-46-12-8-10-14-52(46)62(54(48)32-42)56-24-36(4)20-22-58-56/h7-34H,5-6H2,1-4H3. The second-order valence-corrected chi connectivity index (χ2v) is 16.4. The normalized spacial score (nSPS) is 11.6. The first-order valence-electron chi connectivity index (χ1n) is 21.8. The van der Waals surface area contributed by atoms with Crippen molar-refractivity contribution < 1.29 is 9.47 Å². The summed E-state index contributed by atoms with van der Waals surface area (Å²) < 4.78 is 17.7. The summed E-state index contributed by atoms with van der Waals surface area (Å²) in [6.45, 7) is 8.48. The number of benzene rings is 6. The average Bonchev–Trinajstić information content (AvgIpc) is 3.83. The van der Waals surface area contributed by atoms with Crippen LogP contribution in [0.1, 0.15) is 36.1 Å². The highest BCUT2D eigenvalue weighted by Crippen LogP contribution is 2.38. The molecule has 11 rings (SSSR count). The lowest BCUT2D eigenvalue weighted by atomic mass is 10.0. The van der Waals surface area contributed by atoms with E-state index in [1.807, 2.05) is 61.2 Å². The van der Waals surface area contributed by atoms with Crippen molar-refractivity contribution in [3.05, 3.63) is 193 Å². The van der Waals surface area contributed by atoms with Gasteiger partial charge in [0.05, 0.1) is 45.8 Å². The third-order valence-corrected chi connectivity index (χ3v) is 12.0. The summed E-state index contributed by atoms with van der Waals surface area (Å²) in [5, 5.41) is 4.63. The fraction of sp³-hybridized carbons (Fsp3) is 0.107. The number of rotatable bonds is 10. The van der Waals surface area contributed by atoms with Gasteiger partial charge in [-0.05, 0) is 146 Å². The molecule has 11 aromatic rings. The van der Waals surface area contributed by atoms with Crippen molar-refractivity contribution in [3.8, 4) is 57.1 Å². The van der Waals surface area contributed by atoms with Crippen molar-refractivity contribution in [2.45, 2.75) is 40.5 Å². The molecule has 8 nitrogen and oxygen atoms in total. The number of pyridine rings is 2. The van der Waals surface area contributed by atoms with Crippen LogP contribution in [0.3, 0.4) is 0 Å². The Morgan fingerprint density at radius 1 is 0.406 bits per heavy atom. The molecule has 0 aliphatic heterocycles. The Labute approximate surface area is 371 Å². The molecule has 0 aliphatic rings. The van der Waals surface area contributed by atoms with Crippen LogP contribution in [0.25, 0.3) is 77.8 Å². The van der Waals surface area contributed by atoms with Gasteiger partial charge in [-0.1, -0.05) is 50.2 Å². The highest BCUT2D eigenvalue weighted by Gasteiger charge is 2.17. The molecule has 0 unspecified atom stereocenters. The van der Waals surface area contributed by atoms with Gasteiger partial charge in [0.2, 0.25) is 0 Å². The van der Waals surface area contributed by atoms with E-state index in [-0.39, 0.29) is 0 Å². The van der Waals surface area contributed by atoms with Gasteiger partial charge < -0.3 is 9.47 Å². The minimum Gasteiger partial charge on any atom is -0.457 e. The van der Waals surface area contributed by atoms with Crippen molar-refractivity contribution in [2.75, 3.05) is 0 Å². The van der Waals surface area contributed by atoms with Gasteiger partial charge >= 0.3 is 0 Å². The zero-order valence-corrected chi connectivity index (χ0v) is 36.1. The molecular formula is C56H44N6O2. The van der Waals surface area contributed by atoms with Crippen molar-refractivity contribution in [3.63, 3.8) is 0 Å². The van der Waals surface area contributed by atoms with Crippen LogP contribution in [0.5, 0.6) is 23.0 Å². The number of ether oxygens (including phenoxy) is 2. The summed E-state index contributed by atoms with van der Waals surface area (Å²) in [6, 6.07) is 50.3. The van der Waals surface area contributed by atoms with Crippen molar-refractivity contribution in [1.82, 2.24) is 29.1 Å². The number of nitrogens with zero attached hydrogens (tertiary/aromatic N) is 6. The maximum atomic E-state index is 6.65.